The van der Waals surface area contributed by atoms with Gasteiger partial charge in [0.2, 0.25) is 11.8 Å². The zero-order valence-corrected chi connectivity index (χ0v) is 32.1. The Morgan fingerprint density at radius 2 is 1.76 bits per heavy atom. The van der Waals surface area contributed by atoms with Gasteiger partial charge in [-0.15, -0.1) is 0 Å². The van der Waals surface area contributed by atoms with Crippen LogP contribution in [0.15, 0.2) is 42.6 Å². The number of benzene rings is 2. The lowest BCUT2D eigenvalue weighted by Crippen LogP contribution is -2.43. The van der Waals surface area contributed by atoms with E-state index in [1.165, 1.54) is 12.1 Å². The van der Waals surface area contributed by atoms with Gasteiger partial charge in [0.05, 0.1) is 48.7 Å². The van der Waals surface area contributed by atoms with Crippen molar-refractivity contribution in [3.05, 3.63) is 59.0 Å². The average Bonchev–Trinajstić information content (AvgIpc) is 3.55. The van der Waals surface area contributed by atoms with Gasteiger partial charge in [0.15, 0.2) is 0 Å². The number of amides is 2. The number of carbonyl (C=O) groups is 2. The molecule has 2 amide bonds. The first-order chi connectivity index (χ1) is 26.0. The van der Waals surface area contributed by atoms with E-state index in [9.17, 15) is 14.0 Å². The molecule has 3 heterocycles. The lowest BCUT2D eigenvalue weighted by Gasteiger charge is -2.35. The molecule has 0 radical (unpaired) electrons. The predicted octanol–water partition coefficient (Wildman–Crippen LogP) is 4.76. The van der Waals surface area contributed by atoms with Crippen molar-refractivity contribution in [1.29, 1.82) is 0 Å². The van der Waals surface area contributed by atoms with Crippen molar-refractivity contribution >= 4 is 46.0 Å². The third-order valence-corrected chi connectivity index (χ3v) is 9.64. The van der Waals surface area contributed by atoms with Crippen LogP contribution in [0.3, 0.4) is 0 Å². The monoisotopic (exact) mass is 765 g/mol. The number of aromatic amines is 1. The summed E-state index contributed by atoms with van der Waals surface area (Å²) in [5.74, 6) is 0.835. The molecule has 15 heteroatoms. The van der Waals surface area contributed by atoms with E-state index in [1.807, 2.05) is 39.0 Å². The molecule has 0 saturated carbocycles. The van der Waals surface area contributed by atoms with E-state index in [0.29, 0.717) is 68.2 Å². The number of imidazole rings is 1. The van der Waals surface area contributed by atoms with E-state index >= 15 is 0 Å². The number of anilines is 2. The Labute approximate surface area is 321 Å². The summed E-state index contributed by atoms with van der Waals surface area (Å²) < 4.78 is 25.8. The van der Waals surface area contributed by atoms with Crippen LogP contribution in [0, 0.1) is 18.7 Å². The highest BCUT2D eigenvalue weighted by Crippen LogP contribution is 2.44. The number of fused-ring (bicyclic) bond motifs is 1. The Kier molecular flexibility index (Phi) is 15.0. The molecule has 1 atom stereocenters. The molecule has 0 bridgehead atoms. The lowest BCUT2D eigenvalue weighted by atomic mass is 9.96. The molecule has 292 valence electrons. The smallest absolute Gasteiger partial charge is 0.222 e. The molecule has 8 N–H and O–H groups in total. The summed E-state index contributed by atoms with van der Waals surface area (Å²) in [7, 11) is 0. The molecule has 4 aromatic rings. The number of nitrogens with one attached hydrogen (secondary N) is 4. The summed E-state index contributed by atoms with van der Waals surface area (Å²) in [4.78, 5) is 40.2. The van der Waals surface area contributed by atoms with Crippen molar-refractivity contribution in [2.45, 2.75) is 58.5 Å². The number of H-pyrrole nitrogens is 1. The van der Waals surface area contributed by atoms with Crippen LogP contribution < -0.4 is 32.3 Å². The zero-order chi connectivity index (χ0) is 38.6. The van der Waals surface area contributed by atoms with E-state index in [-0.39, 0.29) is 61.7 Å². The first-order valence-electron chi connectivity index (χ1n) is 18.6. The van der Waals surface area contributed by atoms with Crippen LogP contribution in [0.4, 0.5) is 15.9 Å². The van der Waals surface area contributed by atoms with E-state index in [2.05, 4.69) is 25.8 Å². The van der Waals surface area contributed by atoms with Crippen molar-refractivity contribution < 1.29 is 23.5 Å². The summed E-state index contributed by atoms with van der Waals surface area (Å²) in [6.07, 6.45) is 3.80. The molecule has 13 nitrogen and oxygen atoms in total. The molecular weight excluding hydrogens is 713 g/mol. The van der Waals surface area contributed by atoms with E-state index in [0.717, 1.165) is 46.3 Å². The first kappa shape index (κ1) is 40.8. The third kappa shape index (κ3) is 11.3. The maximum atomic E-state index is 14.8. The fourth-order valence-electron chi connectivity index (χ4n) is 6.41. The minimum atomic E-state index is -0.326. The van der Waals surface area contributed by atoms with Gasteiger partial charge in [-0.25, -0.2) is 14.4 Å². The molecule has 2 aromatic carbocycles. The second kappa shape index (κ2) is 19.8. The minimum absolute atomic E-state index is 0.0539. The molecule has 1 aliphatic heterocycles. The number of aromatic nitrogens is 3. The van der Waals surface area contributed by atoms with E-state index < -0.39 is 0 Å². The van der Waals surface area contributed by atoms with Gasteiger partial charge < -0.3 is 46.8 Å². The maximum absolute atomic E-state index is 14.8. The van der Waals surface area contributed by atoms with Crippen LogP contribution >= 0.6 is 11.6 Å². The summed E-state index contributed by atoms with van der Waals surface area (Å²) in [6, 6.07) is 10.5. The van der Waals surface area contributed by atoms with Crippen molar-refractivity contribution in [2.24, 2.45) is 17.4 Å². The molecule has 0 unspecified atom stereocenters. The summed E-state index contributed by atoms with van der Waals surface area (Å²) in [5.41, 5.74) is 17.4. The van der Waals surface area contributed by atoms with Crippen LogP contribution in [0.25, 0.3) is 33.5 Å². The molecule has 54 heavy (non-hydrogen) atoms. The topological polar surface area (TPSA) is 186 Å². The number of piperidine rings is 1. The van der Waals surface area contributed by atoms with Crippen molar-refractivity contribution in [3.63, 3.8) is 0 Å². The second-order valence-electron chi connectivity index (χ2n) is 14.0. The van der Waals surface area contributed by atoms with Gasteiger partial charge >= 0.3 is 0 Å². The molecular formula is C39H53ClFN9O4. The average molecular weight is 766 g/mol. The van der Waals surface area contributed by atoms with Crippen molar-refractivity contribution in [2.75, 3.05) is 69.4 Å². The highest BCUT2D eigenvalue weighted by atomic mass is 35.5. The molecule has 2 aromatic heterocycles. The third-order valence-electron chi connectivity index (χ3n) is 9.40. The minimum Gasteiger partial charge on any atom is -0.379 e. The number of rotatable bonds is 19. The number of carbonyl (C=O) groups excluding carboxylic acids is 2. The fraction of sp³-hybridized carbons (Fsp3) is 0.487. The van der Waals surface area contributed by atoms with Gasteiger partial charge in [0, 0.05) is 74.4 Å². The predicted molar refractivity (Wildman–Crippen MR) is 212 cm³/mol. The van der Waals surface area contributed by atoms with Gasteiger partial charge in [0.1, 0.15) is 17.5 Å². The molecule has 0 spiro atoms. The standard InChI is InChI=1S/C39H53ClFN9O4/c1-24(2)33(22-42)47-35(52)9-15-54-17-16-53-14-8-34(51)44-10-11-45-38-36(39-48-31-5-4-27(40)21-32(31)49-39)37(50-12-6-29(43)7-13-50)30(23-46-38)26-18-25(3)19-28(41)20-26/h4-5,18-21,23-24,29,33H,6-17,22,42-43H2,1-3H3,(H,44,51)(H,45,46)(H,47,52)(H,48,49)/t33-/m1/s1. The molecule has 0 aliphatic carbocycles. The van der Waals surface area contributed by atoms with E-state index in [4.69, 9.17) is 42.5 Å². The van der Waals surface area contributed by atoms with Crippen LogP contribution in [0.2, 0.25) is 5.02 Å². The Bertz CT molecular complexity index is 1850. The molecule has 1 saturated heterocycles. The number of hydrogen-bond acceptors (Lipinski definition) is 10. The van der Waals surface area contributed by atoms with Crippen LogP contribution in [0.1, 0.15) is 45.1 Å². The maximum Gasteiger partial charge on any atom is 0.222 e. The number of halogens is 2. The highest BCUT2D eigenvalue weighted by Gasteiger charge is 2.27. The summed E-state index contributed by atoms with van der Waals surface area (Å²) in [6.45, 7) is 9.56. The molecule has 5 rings (SSSR count). The van der Waals surface area contributed by atoms with Gasteiger partial charge in [-0.05, 0) is 67.1 Å². The van der Waals surface area contributed by atoms with Gasteiger partial charge in [-0.1, -0.05) is 31.5 Å². The number of nitrogens with two attached hydrogens (primary N) is 2. The Morgan fingerprint density at radius 1 is 1.04 bits per heavy atom. The Balaban J connectivity index is 1.21. The normalized spacial score (nSPS) is 14.1. The lowest BCUT2D eigenvalue weighted by molar-refractivity contribution is -0.124. The number of ether oxygens (including phenoxy) is 2. The number of pyridine rings is 1. The SMILES string of the molecule is Cc1cc(F)cc(-c2cnc(NCCNC(=O)CCOCCOCCC(=O)N[C@H](CN)C(C)C)c(-c3nc4ccc(Cl)cc4[nH]3)c2N2CCC(N)CC2)c1. The number of aryl methyl sites for hydroxylation is 1. The Morgan fingerprint density at radius 3 is 2.44 bits per heavy atom. The quantitative estimate of drug-likeness (QED) is 0.0728. The van der Waals surface area contributed by atoms with E-state index in [1.54, 1.807) is 12.3 Å². The summed E-state index contributed by atoms with van der Waals surface area (Å²) >= 11 is 6.32. The van der Waals surface area contributed by atoms with Crippen LogP contribution in [-0.4, -0.2) is 98.0 Å². The first-order valence-corrected chi connectivity index (χ1v) is 19.0. The molecule has 1 fully saturated rings. The van der Waals surface area contributed by atoms with Crippen LogP contribution in [-0.2, 0) is 19.1 Å². The largest absolute Gasteiger partial charge is 0.379 e. The zero-order valence-electron chi connectivity index (χ0n) is 31.4. The van der Waals surface area contributed by atoms with Crippen molar-refractivity contribution in [1.82, 2.24) is 25.6 Å². The molecule has 1 aliphatic rings. The van der Waals surface area contributed by atoms with Gasteiger partial charge in [-0.2, -0.15) is 0 Å². The number of nitrogens with zero attached hydrogens (tertiary/aromatic N) is 3. The number of hydrogen-bond donors (Lipinski definition) is 6. The fourth-order valence-corrected chi connectivity index (χ4v) is 6.59. The van der Waals surface area contributed by atoms with Crippen LogP contribution in [0.5, 0.6) is 0 Å². The van der Waals surface area contributed by atoms with Gasteiger partial charge in [0.25, 0.3) is 0 Å². The second-order valence-corrected chi connectivity index (χ2v) is 14.4. The van der Waals surface area contributed by atoms with Crippen molar-refractivity contribution in [3.8, 4) is 22.5 Å². The Hall–Kier alpha value is -4.34. The van der Waals surface area contributed by atoms with Gasteiger partial charge in [-0.3, -0.25) is 9.59 Å². The summed E-state index contributed by atoms with van der Waals surface area (Å²) in [5, 5.41) is 9.84. The highest BCUT2D eigenvalue weighted by molar-refractivity contribution is 6.31.